The number of rotatable bonds is 10. The fraction of sp³-hybridized carbons (Fsp3) is 0.500. The van der Waals surface area contributed by atoms with E-state index in [1.54, 1.807) is 13.0 Å². The van der Waals surface area contributed by atoms with Gasteiger partial charge in [-0.3, -0.25) is 4.79 Å². The Morgan fingerprint density at radius 3 is 2.75 bits per heavy atom. The monoisotopic (exact) mass is 441 g/mol. The summed E-state index contributed by atoms with van der Waals surface area (Å²) in [6.07, 6.45) is 8.03. The zero-order valence-electron chi connectivity index (χ0n) is 18.8. The van der Waals surface area contributed by atoms with Gasteiger partial charge in [0, 0.05) is 43.9 Å². The maximum atomic E-state index is 13.4. The molecule has 1 fully saturated rings. The molecule has 0 atom stereocenters. The third kappa shape index (κ3) is 7.02. The van der Waals surface area contributed by atoms with Crippen molar-refractivity contribution in [2.75, 3.05) is 31.8 Å². The van der Waals surface area contributed by atoms with Gasteiger partial charge in [-0.1, -0.05) is 23.7 Å². The fourth-order valence-corrected chi connectivity index (χ4v) is 3.72. The SMILES string of the molecule is COC(=O)/C=C/c1cccc(N(CCCCCc2nc(C)no2)C(=O)C2CCOCC2)c1. The van der Waals surface area contributed by atoms with E-state index >= 15 is 0 Å². The van der Waals surface area contributed by atoms with Crippen molar-refractivity contribution < 1.29 is 23.6 Å². The number of amides is 1. The molecule has 1 aromatic heterocycles. The normalized spacial score (nSPS) is 14.6. The number of carbonyl (C=O) groups is 2. The number of hydrogen-bond acceptors (Lipinski definition) is 7. The maximum absolute atomic E-state index is 13.4. The number of anilines is 1. The Balaban J connectivity index is 1.65. The van der Waals surface area contributed by atoms with E-state index in [-0.39, 0.29) is 11.8 Å². The van der Waals surface area contributed by atoms with Crippen molar-refractivity contribution in [3.05, 3.63) is 47.6 Å². The summed E-state index contributed by atoms with van der Waals surface area (Å²) >= 11 is 0. The molecule has 1 aromatic carbocycles. The zero-order chi connectivity index (χ0) is 22.8. The first-order valence-corrected chi connectivity index (χ1v) is 11.1. The van der Waals surface area contributed by atoms with Crippen LogP contribution in [0.15, 0.2) is 34.9 Å². The summed E-state index contributed by atoms with van der Waals surface area (Å²) in [7, 11) is 1.34. The fourth-order valence-electron chi connectivity index (χ4n) is 3.72. The van der Waals surface area contributed by atoms with Crippen molar-refractivity contribution in [1.82, 2.24) is 10.1 Å². The van der Waals surface area contributed by atoms with Crippen molar-refractivity contribution in [1.29, 1.82) is 0 Å². The summed E-state index contributed by atoms with van der Waals surface area (Å²) in [6, 6.07) is 7.66. The molecule has 2 aromatic rings. The van der Waals surface area contributed by atoms with Gasteiger partial charge in [-0.05, 0) is 56.4 Å². The molecule has 172 valence electrons. The van der Waals surface area contributed by atoms with Crippen molar-refractivity contribution in [3.8, 4) is 0 Å². The lowest BCUT2D eigenvalue weighted by molar-refractivity contribution is -0.134. The van der Waals surface area contributed by atoms with Crippen LogP contribution in [-0.2, 0) is 25.5 Å². The molecule has 1 aliphatic heterocycles. The topological polar surface area (TPSA) is 94.8 Å². The van der Waals surface area contributed by atoms with E-state index in [0.717, 1.165) is 49.8 Å². The van der Waals surface area contributed by atoms with Crippen molar-refractivity contribution in [3.63, 3.8) is 0 Å². The molecule has 8 nitrogen and oxygen atoms in total. The van der Waals surface area contributed by atoms with E-state index in [9.17, 15) is 9.59 Å². The van der Waals surface area contributed by atoms with Crippen molar-refractivity contribution in [2.45, 2.75) is 45.4 Å². The number of aromatic nitrogens is 2. The summed E-state index contributed by atoms with van der Waals surface area (Å²) in [4.78, 5) is 30.9. The van der Waals surface area contributed by atoms with Crippen LogP contribution < -0.4 is 4.90 Å². The standard InChI is InChI=1S/C24H31N3O5/c1-18-25-22(32-26-18)9-4-3-5-14-27(24(29)20-12-15-31-16-13-20)21-8-6-7-19(17-21)10-11-23(28)30-2/h6-8,10-11,17,20H,3-5,9,12-16H2,1-2H3/b11-10+. The number of nitrogens with zero attached hydrogens (tertiary/aromatic N) is 3. The highest BCUT2D eigenvalue weighted by atomic mass is 16.5. The number of aryl methyl sites for hydroxylation is 2. The molecule has 2 heterocycles. The minimum absolute atomic E-state index is 0.0283. The average Bonchev–Trinajstić information content (AvgIpc) is 3.25. The van der Waals surface area contributed by atoms with Crippen LogP contribution in [0.4, 0.5) is 5.69 Å². The first kappa shape index (κ1) is 23.7. The van der Waals surface area contributed by atoms with Gasteiger partial charge in [-0.25, -0.2) is 4.79 Å². The molecule has 0 bridgehead atoms. The van der Waals surface area contributed by atoms with Crippen LogP contribution in [0.3, 0.4) is 0 Å². The Morgan fingerprint density at radius 2 is 2.03 bits per heavy atom. The van der Waals surface area contributed by atoms with Gasteiger partial charge in [-0.2, -0.15) is 4.98 Å². The second-order valence-corrected chi connectivity index (χ2v) is 7.87. The Hall–Kier alpha value is -3.00. The smallest absolute Gasteiger partial charge is 0.330 e. The van der Waals surface area contributed by atoms with Gasteiger partial charge >= 0.3 is 5.97 Å². The quantitative estimate of drug-likeness (QED) is 0.315. The summed E-state index contributed by atoms with van der Waals surface area (Å²) in [5, 5.41) is 3.81. The van der Waals surface area contributed by atoms with Gasteiger partial charge in [-0.15, -0.1) is 0 Å². The molecule has 3 rings (SSSR count). The molecule has 1 aliphatic rings. The number of unbranched alkanes of at least 4 members (excludes halogenated alkanes) is 2. The summed E-state index contributed by atoms with van der Waals surface area (Å²) in [6.45, 7) is 3.68. The van der Waals surface area contributed by atoms with Gasteiger partial charge in [0.05, 0.1) is 7.11 Å². The van der Waals surface area contributed by atoms with E-state index in [1.807, 2.05) is 29.2 Å². The molecule has 1 saturated heterocycles. The summed E-state index contributed by atoms with van der Waals surface area (Å²) in [5.41, 5.74) is 1.67. The van der Waals surface area contributed by atoms with Gasteiger partial charge in [0.15, 0.2) is 5.82 Å². The van der Waals surface area contributed by atoms with E-state index in [1.165, 1.54) is 13.2 Å². The average molecular weight is 442 g/mol. The van der Waals surface area contributed by atoms with Crippen LogP contribution in [0.25, 0.3) is 6.08 Å². The minimum atomic E-state index is -0.415. The molecular weight excluding hydrogens is 410 g/mol. The number of benzene rings is 1. The lowest BCUT2D eigenvalue weighted by Crippen LogP contribution is -2.39. The minimum Gasteiger partial charge on any atom is -0.466 e. The third-order valence-corrected chi connectivity index (χ3v) is 5.47. The molecule has 32 heavy (non-hydrogen) atoms. The number of esters is 1. The molecule has 1 amide bonds. The largest absolute Gasteiger partial charge is 0.466 e. The van der Waals surface area contributed by atoms with Crippen LogP contribution in [0, 0.1) is 12.8 Å². The highest BCUT2D eigenvalue weighted by Crippen LogP contribution is 2.24. The Bertz CT molecular complexity index is 918. The molecule has 8 heteroatoms. The van der Waals surface area contributed by atoms with Crippen LogP contribution >= 0.6 is 0 Å². The summed E-state index contributed by atoms with van der Waals surface area (Å²) < 4.78 is 15.3. The van der Waals surface area contributed by atoms with Crippen LogP contribution in [0.5, 0.6) is 0 Å². The second kappa shape index (κ2) is 12.1. The predicted octanol–water partition coefficient (Wildman–Crippen LogP) is 3.74. The van der Waals surface area contributed by atoms with Crippen LogP contribution in [-0.4, -0.2) is 48.9 Å². The Kier molecular flexibility index (Phi) is 8.98. The predicted molar refractivity (Wildman–Crippen MR) is 120 cm³/mol. The van der Waals surface area contributed by atoms with Crippen molar-refractivity contribution >= 4 is 23.6 Å². The van der Waals surface area contributed by atoms with Crippen LogP contribution in [0.1, 0.15) is 49.4 Å². The molecule has 0 N–H and O–H groups in total. The lowest BCUT2D eigenvalue weighted by Gasteiger charge is -2.30. The van der Waals surface area contributed by atoms with Crippen LogP contribution in [0.2, 0.25) is 0 Å². The van der Waals surface area contributed by atoms with E-state index in [2.05, 4.69) is 14.9 Å². The first-order valence-electron chi connectivity index (χ1n) is 11.1. The van der Waals surface area contributed by atoms with Gasteiger partial charge in [0.2, 0.25) is 11.8 Å². The molecular formula is C24H31N3O5. The van der Waals surface area contributed by atoms with Crippen molar-refractivity contribution in [2.24, 2.45) is 5.92 Å². The molecule has 0 radical (unpaired) electrons. The van der Waals surface area contributed by atoms with Gasteiger partial charge in [0.25, 0.3) is 0 Å². The number of ether oxygens (including phenoxy) is 2. The molecule has 0 unspecified atom stereocenters. The van der Waals surface area contributed by atoms with Gasteiger partial charge in [0.1, 0.15) is 0 Å². The van der Waals surface area contributed by atoms with Gasteiger partial charge < -0.3 is 18.9 Å². The molecule has 0 aliphatic carbocycles. The lowest BCUT2D eigenvalue weighted by atomic mass is 9.98. The number of methoxy groups -OCH3 is 1. The van der Waals surface area contributed by atoms with E-state index < -0.39 is 5.97 Å². The van der Waals surface area contributed by atoms with E-state index in [0.29, 0.717) is 31.5 Å². The first-order chi connectivity index (χ1) is 15.6. The number of hydrogen-bond donors (Lipinski definition) is 0. The molecule has 0 spiro atoms. The zero-order valence-corrected chi connectivity index (χ0v) is 18.8. The number of carbonyl (C=O) groups excluding carboxylic acids is 2. The highest BCUT2D eigenvalue weighted by molar-refractivity contribution is 5.95. The Labute approximate surface area is 188 Å². The maximum Gasteiger partial charge on any atom is 0.330 e. The summed E-state index contributed by atoms with van der Waals surface area (Å²) in [5.74, 6) is 0.994. The highest BCUT2D eigenvalue weighted by Gasteiger charge is 2.27. The molecule has 0 saturated carbocycles. The third-order valence-electron chi connectivity index (χ3n) is 5.47. The van der Waals surface area contributed by atoms with E-state index in [4.69, 9.17) is 9.26 Å². The Morgan fingerprint density at radius 1 is 1.22 bits per heavy atom. The second-order valence-electron chi connectivity index (χ2n) is 7.87.